The number of thioether (sulfide) groups is 2. The van der Waals surface area contributed by atoms with Crippen molar-refractivity contribution < 1.29 is 0 Å². The van der Waals surface area contributed by atoms with Gasteiger partial charge in [0.15, 0.2) is 0 Å². The predicted octanol–water partition coefficient (Wildman–Crippen LogP) is 7.06. The quantitative estimate of drug-likeness (QED) is 0.385. The smallest absolute Gasteiger partial charge is 0.0190 e. The van der Waals surface area contributed by atoms with E-state index in [1.807, 2.05) is 0 Å². The van der Waals surface area contributed by atoms with Gasteiger partial charge >= 0.3 is 0 Å². The van der Waals surface area contributed by atoms with Gasteiger partial charge in [-0.25, -0.2) is 0 Å². The van der Waals surface area contributed by atoms with Crippen LogP contribution in [0.4, 0.5) is 0 Å². The van der Waals surface area contributed by atoms with Crippen LogP contribution in [0.2, 0.25) is 0 Å². The molecule has 6 rings (SSSR count). The molecule has 0 unspecified atom stereocenters. The predicted molar refractivity (Wildman–Crippen MR) is 129 cm³/mol. The van der Waals surface area contributed by atoms with Crippen LogP contribution in [0.1, 0.15) is 50.1 Å². The maximum Gasteiger partial charge on any atom is 0.0190 e. The van der Waals surface area contributed by atoms with E-state index in [1.165, 1.54) is 39.8 Å². The molecule has 0 radical (unpaired) electrons. The Morgan fingerprint density at radius 3 is 1.72 bits per heavy atom. The average molecular weight is 417 g/mol. The van der Waals surface area contributed by atoms with Crippen LogP contribution in [-0.4, -0.2) is 0 Å². The van der Waals surface area contributed by atoms with Crippen molar-refractivity contribution in [1.82, 2.24) is 0 Å². The van der Waals surface area contributed by atoms with Crippen molar-refractivity contribution >= 4 is 23.5 Å². The molecule has 3 aliphatic rings. The van der Waals surface area contributed by atoms with E-state index in [-0.39, 0.29) is 0 Å². The molecule has 0 nitrogen and oxygen atoms in total. The third-order valence-electron chi connectivity index (χ3n) is 6.44. The third kappa shape index (κ3) is 4.29. The molecule has 3 aromatic rings. The van der Waals surface area contributed by atoms with Crippen LogP contribution in [0.3, 0.4) is 0 Å². The molecule has 2 aliphatic carbocycles. The van der Waals surface area contributed by atoms with Crippen LogP contribution >= 0.6 is 23.5 Å². The molecular weight excluding hydrogens is 388 g/mol. The van der Waals surface area contributed by atoms with Crippen LogP contribution in [0, 0.1) is 6.92 Å². The van der Waals surface area contributed by atoms with Gasteiger partial charge in [0.2, 0.25) is 0 Å². The number of rotatable bonds is 0. The summed E-state index contributed by atoms with van der Waals surface area (Å²) < 4.78 is 0. The summed E-state index contributed by atoms with van der Waals surface area (Å²) >= 11 is 4.18. The second-order valence-electron chi connectivity index (χ2n) is 8.40. The molecule has 0 spiro atoms. The molecule has 1 aliphatic heterocycles. The summed E-state index contributed by atoms with van der Waals surface area (Å²) in [7, 11) is 0. The summed E-state index contributed by atoms with van der Waals surface area (Å²) in [5, 5.41) is 0. The lowest BCUT2D eigenvalue weighted by molar-refractivity contribution is 0.931. The standard InChI is InChI=1S/C27H28S2/c1-19-23-6-3-7-24(19)16-29-18-26-14-22-9-8-20-4-2-5-21(12-20)10-11-27(26)25(13-22)17-28-15-23/h2-7,12-14H,8-11,15-18H2,1H3. The third-order valence-corrected chi connectivity index (χ3v) is 8.50. The molecule has 0 N–H and O–H groups in total. The van der Waals surface area contributed by atoms with E-state index in [9.17, 15) is 0 Å². The summed E-state index contributed by atoms with van der Waals surface area (Å²) in [6.07, 6.45) is 4.62. The monoisotopic (exact) mass is 416 g/mol. The van der Waals surface area contributed by atoms with E-state index in [0.717, 1.165) is 42.3 Å². The Balaban J connectivity index is 1.52. The molecule has 0 saturated heterocycles. The molecule has 0 atom stereocenters. The second-order valence-corrected chi connectivity index (χ2v) is 10.4. The number of aryl methyl sites for hydroxylation is 3. The Hall–Kier alpha value is -1.64. The highest BCUT2D eigenvalue weighted by atomic mass is 32.2. The normalized spacial score (nSPS) is 16.4. The summed E-state index contributed by atoms with van der Waals surface area (Å²) in [6, 6.07) is 21.2. The zero-order valence-electron chi connectivity index (χ0n) is 17.2. The van der Waals surface area contributed by atoms with Crippen LogP contribution in [0.5, 0.6) is 0 Å². The fourth-order valence-electron chi connectivity index (χ4n) is 4.68. The minimum atomic E-state index is 1.12. The Labute approximate surface area is 183 Å². The first-order valence-electron chi connectivity index (χ1n) is 10.7. The Kier molecular flexibility index (Phi) is 5.74. The van der Waals surface area contributed by atoms with Gasteiger partial charge < -0.3 is 0 Å². The maximum absolute atomic E-state index is 2.53. The highest BCUT2D eigenvalue weighted by Crippen LogP contribution is 2.33. The maximum atomic E-state index is 2.53. The van der Waals surface area contributed by atoms with Gasteiger partial charge in [0.25, 0.3) is 0 Å². The summed E-state index contributed by atoms with van der Waals surface area (Å²) in [4.78, 5) is 0. The van der Waals surface area contributed by atoms with Crippen molar-refractivity contribution in [2.45, 2.75) is 55.6 Å². The fourth-order valence-corrected chi connectivity index (χ4v) is 6.91. The number of benzene rings is 3. The molecule has 0 amide bonds. The van der Waals surface area contributed by atoms with E-state index >= 15 is 0 Å². The van der Waals surface area contributed by atoms with Crippen molar-refractivity contribution in [3.8, 4) is 0 Å². The Morgan fingerprint density at radius 2 is 1.07 bits per heavy atom. The minimum absolute atomic E-state index is 1.12. The first kappa shape index (κ1) is 19.3. The zero-order chi connectivity index (χ0) is 19.6. The first-order valence-corrected chi connectivity index (χ1v) is 13.0. The van der Waals surface area contributed by atoms with Crippen LogP contribution in [0.15, 0.2) is 54.6 Å². The molecule has 0 saturated carbocycles. The number of hydrogen-bond donors (Lipinski definition) is 0. The largest absolute Gasteiger partial charge is 0.152 e. The van der Waals surface area contributed by atoms with E-state index in [0.29, 0.717) is 0 Å². The zero-order valence-corrected chi connectivity index (χ0v) is 18.8. The SMILES string of the molecule is Cc1c2cccc1CSCc1cc3cc(c1CCc1cccc(c1)CC3)CSC2. The van der Waals surface area contributed by atoms with Gasteiger partial charge in [-0.15, -0.1) is 0 Å². The van der Waals surface area contributed by atoms with Crippen LogP contribution in [0.25, 0.3) is 0 Å². The summed E-state index contributed by atoms with van der Waals surface area (Å²) in [5.41, 5.74) is 13.9. The van der Waals surface area contributed by atoms with Crippen LogP contribution < -0.4 is 0 Å². The van der Waals surface area contributed by atoms with E-state index in [2.05, 4.69) is 85.0 Å². The molecule has 8 bridgehead atoms. The van der Waals surface area contributed by atoms with Crippen molar-refractivity contribution in [3.63, 3.8) is 0 Å². The summed E-state index contributed by atoms with van der Waals surface area (Å²) in [6.45, 7) is 2.31. The molecule has 0 aromatic heterocycles. The fraction of sp³-hybridized carbons (Fsp3) is 0.333. The second kappa shape index (κ2) is 8.62. The van der Waals surface area contributed by atoms with Crippen molar-refractivity contribution in [2.24, 2.45) is 0 Å². The Morgan fingerprint density at radius 1 is 0.552 bits per heavy atom. The summed E-state index contributed by atoms with van der Waals surface area (Å²) in [5.74, 6) is 4.48. The Bertz CT molecular complexity index is 985. The molecular formula is C27H28S2. The molecule has 0 fully saturated rings. The molecule has 3 aromatic carbocycles. The lowest BCUT2D eigenvalue weighted by Gasteiger charge is -2.19. The van der Waals surface area contributed by atoms with Gasteiger partial charge in [0, 0.05) is 23.0 Å². The highest BCUT2D eigenvalue weighted by molar-refractivity contribution is 7.98. The van der Waals surface area contributed by atoms with Crippen LogP contribution in [-0.2, 0) is 48.7 Å². The molecule has 1 heterocycles. The lowest BCUT2D eigenvalue weighted by atomic mass is 9.94. The van der Waals surface area contributed by atoms with E-state index < -0.39 is 0 Å². The van der Waals surface area contributed by atoms with Gasteiger partial charge in [-0.2, -0.15) is 23.5 Å². The van der Waals surface area contributed by atoms with Crippen molar-refractivity contribution in [2.75, 3.05) is 0 Å². The number of hydrogen-bond acceptors (Lipinski definition) is 2. The van der Waals surface area contributed by atoms with Crippen molar-refractivity contribution in [3.05, 3.63) is 105 Å². The molecule has 148 valence electrons. The van der Waals surface area contributed by atoms with E-state index in [4.69, 9.17) is 0 Å². The van der Waals surface area contributed by atoms with E-state index in [1.54, 1.807) is 16.7 Å². The average Bonchev–Trinajstić information content (AvgIpc) is 2.76. The topological polar surface area (TPSA) is 0 Å². The van der Waals surface area contributed by atoms with Gasteiger partial charge in [0.05, 0.1) is 0 Å². The van der Waals surface area contributed by atoms with Gasteiger partial charge in [-0.05, 0) is 82.7 Å². The minimum Gasteiger partial charge on any atom is -0.152 e. The lowest BCUT2D eigenvalue weighted by Crippen LogP contribution is -2.05. The van der Waals surface area contributed by atoms with Gasteiger partial charge in [-0.3, -0.25) is 0 Å². The van der Waals surface area contributed by atoms with Gasteiger partial charge in [-0.1, -0.05) is 54.6 Å². The molecule has 29 heavy (non-hydrogen) atoms. The molecule has 2 heteroatoms. The number of fused-ring (bicyclic) bond motifs is 4. The van der Waals surface area contributed by atoms with Crippen molar-refractivity contribution in [1.29, 1.82) is 0 Å². The van der Waals surface area contributed by atoms with Gasteiger partial charge in [0.1, 0.15) is 0 Å². The highest BCUT2D eigenvalue weighted by Gasteiger charge is 2.15. The first-order chi connectivity index (χ1) is 14.3.